The number of ether oxygens (including phenoxy) is 2. The molecule has 1 spiro atoms. The van der Waals surface area contributed by atoms with E-state index < -0.39 is 0 Å². The maximum absolute atomic E-state index is 12.4. The van der Waals surface area contributed by atoms with Crippen LogP contribution in [0.25, 0.3) is 5.57 Å². The first kappa shape index (κ1) is 16.8. The van der Waals surface area contributed by atoms with Crippen LogP contribution in [0.5, 0.6) is 0 Å². The first-order valence-corrected chi connectivity index (χ1v) is 10.5. The van der Waals surface area contributed by atoms with Crippen molar-refractivity contribution in [3.05, 3.63) is 47.4 Å². The van der Waals surface area contributed by atoms with Gasteiger partial charge in [0, 0.05) is 42.1 Å². The molecule has 5 heterocycles. The van der Waals surface area contributed by atoms with Crippen molar-refractivity contribution in [2.75, 3.05) is 33.3 Å². The summed E-state index contributed by atoms with van der Waals surface area (Å²) >= 11 is 0. The van der Waals surface area contributed by atoms with E-state index in [-0.39, 0.29) is 18.0 Å². The van der Waals surface area contributed by atoms with E-state index in [0.29, 0.717) is 12.0 Å². The van der Waals surface area contributed by atoms with Gasteiger partial charge in [0.05, 0.1) is 31.1 Å². The molecule has 146 valence electrons. The van der Waals surface area contributed by atoms with Crippen LogP contribution >= 0.6 is 0 Å². The van der Waals surface area contributed by atoms with Crippen LogP contribution in [0, 0.1) is 11.8 Å². The topological polar surface area (TPSA) is 38.8 Å². The van der Waals surface area contributed by atoms with Crippen molar-refractivity contribution in [1.82, 2.24) is 9.38 Å². The molecule has 4 unspecified atom stereocenters. The summed E-state index contributed by atoms with van der Waals surface area (Å²) in [7, 11) is 1.47. The Bertz CT molecular complexity index is 930. The number of esters is 1. The van der Waals surface area contributed by atoms with Crippen molar-refractivity contribution in [2.45, 2.75) is 31.9 Å². The van der Waals surface area contributed by atoms with Gasteiger partial charge in [0.2, 0.25) is 0 Å². The molecule has 0 aliphatic carbocycles. The molecule has 5 heteroatoms. The van der Waals surface area contributed by atoms with Crippen LogP contribution in [0.15, 0.2) is 41.8 Å². The number of quaternary nitrogens is 1. The average molecular weight is 379 g/mol. The second kappa shape index (κ2) is 5.71. The maximum Gasteiger partial charge on any atom is 0.337 e. The molecular formula is C23H27N2O3+. The van der Waals surface area contributed by atoms with E-state index in [2.05, 4.69) is 36.1 Å². The monoisotopic (exact) mass is 379 g/mol. The Kier molecular flexibility index (Phi) is 3.43. The number of benzene rings is 1. The van der Waals surface area contributed by atoms with Crippen molar-refractivity contribution >= 4 is 17.2 Å². The summed E-state index contributed by atoms with van der Waals surface area (Å²) in [5.41, 5.74) is 6.90. The third-order valence-corrected chi connectivity index (χ3v) is 7.81. The summed E-state index contributed by atoms with van der Waals surface area (Å²) in [4.78, 5) is 15.1. The number of nitrogens with zero attached hydrogens (tertiary/aromatic N) is 2. The SMILES string of the molecule is COC(=O)C1=COC(C)C2CN3CCC4=C(C3CC12)[N+]1(CC1)c1ccccc14. The maximum atomic E-state index is 12.4. The molecule has 5 aliphatic rings. The fourth-order valence-electron chi connectivity index (χ4n) is 6.36. The lowest BCUT2D eigenvalue weighted by Crippen LogP contribution is -2.56. The molecule has 0 aromatic heterocycles. The zero-order valence-electron chi connectivity index (χ0n) is 16.6. The smallest absolute Gasteiger partial charge is 0.337 e. The highest BCUT2D eigenvalue weighted by Crippen LogP contribution is 2.57. The highest BCUT2D eigenvalue weighted by Gasteiger charge is 2.61. The van der Waals surface area contributed by atoms with Crippen molar-refractivity contribution in [2.24, 2.45) is 11.8 Å². The number of hydrogen-bond donors (Lipinski definition) is 0. The van der Waals surface area contributed by atoms with Crippen molar-refractivity contribution in [3.63, 3.8) is 0 Å². The molecule has 28 heavy (non-hydrogen) atoms. The molecule has 1 aromatic carbocycles. The third-order valence-electron chi connectivity index (χ3n) is 7.81. The zero-order chi connectivity index (χ0) is 19.0. The molecule has 0 amide bonds. The van der Waals surface area contributed by atoms with E-state index in [9.17, 15) is 4.79 Å². The fraction of sp³-hybridized carbons (Fsp3) is 0.522. The van der Waals surface area contributed by atoms with Crippen LogP contribution in [0.3, 0.4) is 0 Å². The number of para-hydroxylation sites is 1. The summed E-state index contributed by atoms with van der Waals surface area (Å²) in [6, 6.07) is 9.41. The molecule has 5 nitrogen and oxygen atoms in total. The number of carbonyl (C=O) groups excluding carboxylic acids is 1. The van der Waals surface area contributed by atoms with Gasteiger partial charge in [0.25, 0.3) is 0 Å². The van der Waals surface area contributed by atoms with Crippen LogP contribution in [0.1, 0.15) is 25.3 Å². The minimum absolute atomic E-state index is 0.139. The lowest BCUT2D eigenvalue weighted by atomic mass is 9.72. The van der Waals surface area contributed by atoms with Gasteiger partial charge >= 0.3 is 5.97 Å². The lowest BCUT2D eigenvalue weighted by Gasteiger charge is -2.49. The quantitative estimate of drug-likeness (QED) is 0.427. The summed E-state index contributed by atoms with van der Waals surface area (Å²) in [6.45, 7) is 6.67. The largest absolute Gasteiger partial charge is 0.497 e. The predicted molar refractivity (Wildman–Crippen MR) is 107 cm³/mol. The number of fused-ring (bicyclic) bond motifs is 7. The van der Waals surface area contributed by atoms with Gasteiger partial charge < -0.3 is 9.47 Å². The van der Waals surface area contributed by atoms with Gasteiger partial charge in [-0.3, -0.25) is 9.38 Å². The number of piperidine rings is 1. The molecule has 0 bridgehead atoms. The minimum Gasteiger partial charge on any atom is -0.497 e. The van der Waals surface area contributed by atoms with Crippen LogP contribution in [0.4, 0.5) is 5.69 Å². The number of rotatable bonds is 1. The van der Waals surface area contributed by atoms with Crippen molar-refractivity contribution in [1.29, 1.82) is 0 Å². The molecule has 0 radical (unpaired) electrons. The summed E-state index contributed by atoms with van der Waals surface area (Å²) in [5, 5.41) is 0. The zero-order valence-corrected chi connectivity index (χ0v) is 16.6. The Balaban J connectivity index is 1.42. The molecule has 4 atom stereocenters. The molecule has 5 aliphatic heterocycles. The van der Waals surface area contributed by atoms with Gasteiger partial charge in [-0.25, -0.2) is 4.79 Å². The first-order valence-electron chi connectivity index (χ1n) is 10.5. The van der Waals surface area contributed by atoms with Gasteiger partial charge in [-0.2, -0.15) is 0 Å². The summed E-state index contributed by atoms with van der Waals surface area (Å²) < 4.78 is 12.0. The third kappa shape index (κ3) is 2.06. The molecular weight excluding hydrogens is 352 g/mol. The first-order chi connectivity index (χ1) is 13.6. The average Bonchev–Trinajstić information content (AvgIpc) is 3.47. The normalized spacial score (nSPS) is 34.6. The number of carbonyl (C=O) groups is 1. The van der Waals surface area contributed by atoms with E-state index in [0.717, 1.165) is 36.0 Å². The Morgan fingerprint density at radius 2 is 2.11 bits per heavy atom. The van der Waals surface area contributed by atoms with Crippen LogP contribution in [-0.4, -0.2) is 56.3 Å². The van der Waals surface area contributed by atoms with Crippen molar-refractivity contribution < 1.29 is 14.3 Å². The number of methoxy groups -OCH3 is 1. The number of hydrogen-bond acceptors (Lipinski definition) is 4. The van der Waals surface area contributed by atoms with Crippen LogP contribution in [-0.2, 0) is 14.3 Å². The van der Waals surface area contributed by atoms with E-state index in [1.807, 2.05) is 0 Å². The Labute approximate surface area is 165 Å². The van der Waals surface area contributed by atoms with Crippen LogP contribution < -0.4 is 4.48 Å². The molecule has 0 saturated carbocycles. The summed E-state index contributed by atoms with van der Waals surface area (Å²) in [6.07, 6.45) is 3.94. The van der Waals surface area contributed by atoms with Gasteiger partial charge in [-0.1, -0.05) is 12.1 Å². The highest BCUT2D eigenvalue weighted by atomic mass is 16.5. The molecule has 2 saturated heterocycles. The molecule has 6 rings (SSSR count). The van der Waals surface area contributed by atoms with E-state index in [1.165, 1.54) is 31.5 Å². The highest BCUT2D eigenvalue weighted by molar-refractivity contribution is 5.90. The molecule has 1 aromatic rings. The Morgan fingerprint density at radius 1 is 1.29 bits per heavy atom. The fourth-order valence-corrected chi connectivity index (χ4v) is 6.36. The Hall–Kier alpha value is -2.11. The van der Waals surface area contributed by atoms with Crippen molar-refractivity contribution in [3.8, 4) is 0 Å². The second-order valence-corrected chi connectivity index (χ2v) is 8.97. The van der Waals surface area contributed by atoms with Crippen LogP contribution in [0.2, 0.25) is 0 Å². The van der Waals surface area contributed by atoms with E-state index in [1.54, 1.807) is 17.5 Å². The lowest BCUT2D eigenvalue weighted by molar-refractivity contribution is -0.139. The molecule has 0 N–H and O–H groups in total. The second-order valence-electron chi connectivity index (χ2n) is 8.97. The van der Waals surface area contributed by atoms with Gasteiger partial charge in [-0.05, 0) is 25.8 Å². The standard InChI is InChI=1S/C23H27N2O3/c1-14-18-12-24-8-7-16-15-5-3-4-6-21(15)25(9-10-25)22(16)20(24)11-17(18)19(13-28-14)23(26)27-2/h3-6,13-14,17-18,20H,7-12H2,1-2H3/q+1. The Morgan fingerprint density at radius 3 is 2.89 bits per heavy atom. The van der Waals surface area contributed by atoms with E-state index in [4.69, 9.17) is 9.47 Å². The van der Waals surface area contributed by atoms with Gasteiger partial charge in [0.1, 0.15) is 24.5 Å². The van der Waals surface area contributed by atoms with Gasteiger partial charge in [0.15, 0.2) is 0 Å². The van der Waals surface area contributed by atoms with E-state index >= 15 is 0 Å². The molecule has 2 fully saturated rings. The predicted octanol–water partition coefficient (Wildman–Crippen LogP) is 2.92. The minimum atomic E-state index is -0.231. The van der Waals surface area contributed by atoms with Gasteiger partial charge in [-0.15, -0.1) is 0 Å². The summed E-state index contributed by atoms with van der Waals surface area (Å²) in [5.74, 6) is 0.336.